The Labute approximate surface area is 93.9 Å². The van der Waals surface area contributed by atoms with E-state index in [1.54, 1.807) is 6.20 Å². The number of hydrogen-bond donors (Lipinski definition) is 1. The van der Waals surface area contributed by atoms with Crippen molar-refractivity contribution in [2.45, 2.75) is 25.0 Å². The van der Waals surface area contributed by atoms with E-state index >= 15 is 0 Å². The maximum Gasteiger partial charge on any atom is 0.141 e. The molecule has 1 N–H and O–H groups in total. The Bertz CT molecular complexity index is 400. The highest BCUT2D eigenvalue weighted by atomic mass is 19.1. The number of rotatable bonds is 3. The lowest BCUT2D eigenvalue weighted by Gasteiger charge is -2.47. The second-order valence-electron chi connectivity index (χ2n) is 5.03. The van der Waals surface area contributed by atoms with Gasteiger partial charge in [-0.3, -0.25) is 9.88 Å². The van der Waals surface area contributed by atoms with E-state index in [-0.39, 0.29) is 5.82 Å². The normalized spacial score (nSPS) is 24.1. The largest absolute Gasteiger partial charge is 0.387 e. The number of likely N-dealkylation sites (tertiary alicyclic amines) is 1. The first-order chi connectivity index (χ1) is 7.66. The molecule has 2 fully saturated rings. The molecule has 3 rings (SSSR count). The highest BCUT2D eigenvalue weighted by Crippen LogP contribution is 2.44. The number of β-amino-alcohol motifs (C(OH)–C–C–N with tert-alkyl or cyclic N) is 1. The molecule has 1 aliphatic heterocycles. The Morgan fingerprint density at radius 3 is 2.81 bits per heavy atom. The van der Waals surface area contributed by atoms with Crippen LogP contribution in [-0.2, 0) is 6.54 Å². The van der Waals surface area contributed by atoms with Crippen LogP contribution in [0.3, 0.4) is 0 Å². The molecule has 0 spiro atoms. The summed E-state index contributed by atoms with van der Waals surface area (Å²) in [6, 6.07) is 1.50. The van der Waals surface area contributed by atoms with Crippen LogP contribution in [0.25, 0.3) is 0 Å². The van der Waals surface area contributed by atoms with Gasteiger partial charge in [0.15, 0.2) is 0 Å². The van der Waals surface area contributed by atoms with Crippen LogP contribution >= 0.6 is 0 Å². The second-order valence-corrected chi connectivity index (χ2v) is 5.03. The third-order valence-electron chi connectivity index (χ3n) is 3.50. The van der Waals surface area contributed by atoms with Crippen molar-refractivity contribution in [3.8, 4) is 0 Å². The fourth-order valence-corrected chi connectivity index (χ4v) is 2.52. The van der Waals surface area contributed by atoms with Crippen molar-refractivity contribution < 1.29 is 9.50 Å². The summed E-state index contributed by atoms with van der Waals surface area (Å²) in [5.74, 6) is 0.213. The van der Waals surface area contributed by atoms with Gasteiger partial charge in [-0.15, -0.1) is 0 Å². The SMILES string of the molecule is OC1(C2CC2)CN(Cc2cncc(F)c2)C1. The van der Waals surface area contributed by atoms with E-state index in [4.69, 9.17) is 0 Å². The summed E-state index contributed by atoms with van der Waals surface area (Å²) in [4.78, 5) is 5.95. The Balaban J connectivity index is 1.58. The quantitative estimate of drug-likeness (QED) is 0.834. The average Bonchev–Trinajstić information content (AvgIpc) is 2.98. The molecule has 1 saturated heterocycles. The minimum Gasteiger partial charge on any atom is -0.387 e. The molecule has 1 aromatic rings. The van der Waals surface area contributed by atoms with Gasteiger partial charge >= 0.3 is 0 Å². The molecule has 0 unspecified atom stereocenters. The molecule has 0 amide bonds. The zero-order valence-corrected chi connectivity index (χ0v) is 9.06. The van der Waals surface area contributed by atoms with Gasteiger partial charge in [0.2, 0.25) is 0 Å². The molecule has 1 aliphatic carbocycles. The predicted molar refractivity (Wildman–Crippen MR) is 57.1 cm³/mol. The number of halogens is 1. The highest BCUT2D eigenvalue weighted by molar-refractivity contribution is 5.13. The molecule has 2 aliphatic rings. The van der Waals surface area contributed by atoms with Crippen molar-refractivity contribution >= 4 is 0 Å². The first kappa shape index (κ1) is 10.2. The minimum atomic E-state index is -0.458. The standard InChI is InChI=1S/C12H15FN2O/c13-11-3-9(4-14-5-11)6-15-7-12(16,8-15)10-1-2-10/h3-5,10,16H,1-2,6-8H2. The van der Waals surface area contributed by atoms with Crippen LogP contribution in [0.5, 0.6) is 0 Å². The van der Waals surface area contributed by atoms with Gasteiger partial charge in [0.1, 0.15) is 5.82 Å². The molecule has 16 heavy (non-hydrogen) atoms. The number of hydrogen-bond acceptors (Lipinski definition) is 3. The van der Waals surface area contributed by atoms with Crippen LogP contribution in [0.1, 0.15) is 18.4 Å². The average molecular weight is 222 g/mol. The van der Waals surface area contributed by atoms with Gasteiger partial charge in [-0.1, -0.05) is 0 Å². The molecule has 1 aromatic heterocycles. The summed E-state index contributed by atoms with van der Waals surface area (Å²) in [7, 11) is 0. The van der Waals surface area contributed by atoms with Crippen molar-refractivity contribution in [2.24, 2.45) is 5.92 Å². The van der Waals surface area contributed by atoms with Crippen LogP contribution in [0, 0.1) is 11.7 Å². The van der Waals surface area contributed by atoms with Crippen LogP contribution in [0.15, 0.2) is 18.5 Å². The first-order valence-corrected chi connectivity index (χ1v) is 5.70. The maximum atomic E-state index is 12.9. The molecule has 1 saturated carbocycles. The van der Waals surface area contributed by atoms with Gasteiger partial charge in [0, 0.05) is 25.8 Å². The summed E-state index contributed by atoms with van der Waals surface area (Å²) >= 11 is 0. The predicted octanol–water partition coefficient (Wildman–Crippen LogP) is 1.18. The van der Waals surface area contributed by atoms with Gasteiger partial charge in [0.25, 0.3) is 0 Å². The number of aromatic nitrogens is 1. The zero-order valence-electron chi connectivity index (χ0n) is 9.06. The van der Waals surface area contributed by atoms with Gasteiger partial charge in [0.05, 0.1) is 11.8 Å². The van der Waals surface area contributed by atoms with Crippen molar-refractivity contribution in [3.05, 3.63) is 29.8 Å². The van der Waals surface area contributed by atoms with E-state index in [1.165, 1.54) is 12.3 Å². The molecule has 0 radical (unpaired) electrons. The summed E-state index contributed by atoms with van der Waals surface area (Å²) in [6.07, 6.45) is 5.20. The van der Waals surface area contributed by atoms with Gasteiger partial charge in [-0.05, 0) is 30.4 Å². The lowest BCUT2D eigenvalue weighted by atomic mass is 9.88. The first-order valence-electron chi connectivity index (χ1n) is 5.70. The third-order valence-corrected chi connectivity index (χ3v) is 3.50. The molecular weight excluding hydrogens is 207 g/mol. The number of nitrogens with zero attached hydrogens (tertiary/aromatic N) is 2. The van der Waals surface area contributed by atoms with E-state index in [9.17, 15) is 9.50 Å². The van der Waals surface area contributed by atoms with Gasteiger partial charge in [-0.25, -0.2) is 4.39 Å². The molecule has 86 valence electrons. The van der Waals surface area contributed by atoms with E-state index in [1.807, 2.05) is 0 Å². The molecular formula is C12H15FN2O. The van der Waals surface area contributed by atoms with E-state index in [0.29, 0.717) is 25.6 Å². The maximum absolute atomic E-state index is 12.9. The number of aliphatic hydroxyl groups is 1. The lowest BCUT2D eigenvalue weighted by Crippen LogP contribution is -2.62. The van der Waals surface area contributed by atoms with E-state index < -0.39 is 5.60 Å². The number of pyridine rings is 1. The van der Waals surface area contributed by atoms with Crippen LogP contribution in [-0.4, -0.2) is 33.7 Å². The third kappa shape index (κ3) is 1.83. The summed E-state index contributed by atoms with van der Waals surface area (Å²) in [5.41, 5.74) is 0.415. The molecule has 0 aromatic carbocycles. The Hall–Kier alpha value is -1.00. The van der Waals surface area contributed by atoms with Crippen LogP contribution in [0.2, 0.25) is 0 Å². The molecule has 2 heterocycles. The highest BCUT2D eigenvalue weighted by Gasteiger charge is 2.51. The second kappa shape index (κ2) is 3.50. The van der Waals surface area contributed by atoms with Crippen molar-refractivity contribution in [1.29, 1.82) is 0 Å². The summed E-state index contributed by atoms with van der Waals surface area (Å²) in [5, 5.41) is 10.1. The smallest absolute Gasteiger partial charge is 0.141 e. The van der Waals surface area contributed by atoms with Crippen molar-refractivity contribution in [1.82, 2.24) is 9.88 Å². The van der Waals surface area contributed by atoms with Crippen LogP contribution < -0.4 is 0 Å². The Morgan fingerprint density at radius 2 is 2.19 bits per heavy atom. The van der Waals surface area contributed by atoms with E-state index in [0.717, 1.165) is 18.4 Å². The van der Waals surface area contributed by atoms with Gasteiger partial charge < -0.3 is 5.11 Å². The Kier molecular flexibility index (Phi) is 2.23. The lowest BCUT2D eigenvalue weighted by molar-refractivity contribution is -0.116. The molecule has 0 bridgehead atoms. The summed E-state index contributed by atoms with van der Waals surface area (Å²) in [6.45, 7) is 2.11. The molecule has 0 atom stereocenters. The molecule has 3 nitrogen and oxygen atoms in total. The minimum absolute atomic E-state index is 0.296. The monoisotopic (exact) mass is 222 g/mol. The van der Waals surface area contributed by atoms with Crippen molar-refractivity contribution in [3.63, 3.8) is 0 Å². The van der Waals surface area contributed by atoms with Crippen molar-refractivity contribution in [2.75, 3.05) is 13.1 Å². The molecule has 4 heteroatoms. The van der Waals surface area contributed by atoms with Gasteiger partial charge in [-0.2, -0.15) is 0 Å². The fourth-order valence-electron chi connectivity index (χ4n) is 2.52. The van der Waals surface area contributed by atoms with E-state index in [2.05, 4.69) is 9.88 Å². The fraction of sp³-hybridized carbons (Fsp3) is 0.583. The topological polar surface area (TPSA) is 36.4 Å². The summed E-state index contributed by atoms with van der Waals surface area (Å²) < 4.78 is 12.9. The zero-order chi connectivity index (χ0) is 11.2. The van der Waals surface area contributed by atoms with Crippen LogP contribution in [0.4, 0.5) is 4.39 Å². The Morgan fingerprint density at radius 1 is 1.44 bits per heavy atom.